The van der Waals surface area contributed by atoms with Crippen LogP contribution >= 0.6 is 0 Å². The highest BCUT2D eigenvalue weighted by molar-refractivity contribution is 5.76. The van der Waals surface area contributed by atoms with E-state index in [1.54, 1.807) is 14.2 Å². The molecule has 100 valence electrons. The molecule has 0 amide bonds. The monoisotopic (exact) mass is 251 g/mol. The van der Waals surface area contributed by atoms with Crippen molar-refractivity contribution in [1.29, 1.82) is 0 Å². The molecule has 0 spiro atoms. The van der Waals surface area contributed by atoms with Crippen molar-refractivity contribution in [3.8, 4) is 5.75 Å². The number of likely N-dealkylation sites (N-methyl/N-ethyl adjacent to an activating group) is 1. The molecule has 1 aromatic carbocycles. The van der Waals surface area contributed by atoms with Crippen molar-refractivity contribution >= 4 is 5.97 Å². The lowest BCUT2D eigenvalue weighted by Gasteiger charge is -2.17. The van der Waals surface area contributed by atoms with Gasteiger partial charge in [0.05, 0.1) is 14.2 Å². The summed E-state index contributed by atoms with van der Waals surface area (Å²) in [5, 5.41) is 2.98. The Morgan fingerprint density at radius 3 is 2.22 bits per heavy atom. The molecule has 0 unspecified atom stereocenters. The lowest BCUT2D eigenvalue weighted by Crippen LogP contribution is -2.37. The normalized spacial score (nSPS) is 12.1. The van der Waals surface area contributed by atoms with Crippen LogP contribution in [0.15, 0.2) is 12.1 Å². The first-order chi connectivity index (χ1) is 8.53. The standard InChI is InChI=1S/C14H21NO3/c1-9-6-11(17-4)7-10(2)12(9)8-13(15-3)14(16)18-5/h6-7,13,15H,8H2,1-5H3/t13-/m0/s1. The van der Waals surface area contributed by atoms with Gasteiger partial charge in [0, 0.05) is 0 Å². The molecule has 0 aromatic heterocycles. The van der Waals surface area contributed by atoms with Gasteiger partial charge in [-0.2, -0.15) is 0 Å². The topological polar surface area (TPSA) is 47.6 Å². The van der Waals surface area contributed by atoms with E-state index < -0.39 is 0 Å². The number of aryl methyl sites for hydroxylation is 2. The van der Waals surface area contributed by atoms with Crippen LogP contribution in [0.25, 0.3) is 0 Å². The van der Waals surface area contributed by atoms with Crippen LogP contribution in [0.3, 0.4) is 0 Å². The van der Waals surface area contributed by atoms with E-state index in [0.717, 1.165) is 22.4 Å². The van der Waals surface area contributed by atoms with Crippen molar-refractivity contribution in [3.05, 3.63) is 28.8 Å². The van der Waals surface area contributed by atoms with Gasteiger partial charge in [0.2, 0.25) is 0 Å². The van der Waals surface area contributed by atoms with Crippen LogP contribution in [0.4, 0.5) is 0 Å². The predicted molar refractivity (Wildman–Crippen MR) is 71.0 cm³/mol. The third-order valence-electron chi connectivity index (χ3n) is 3.15. The molecule has 4 nitrogen and oxygen atoms in total. The Morgan fingerprint density at radius 1 is 1.28 bits per heavy atom. The van der Waals surface area contributed by atoms with E-state index in [1.807, 2.05) is 26.0 Å². The van der Waals surface area contributed by atoms with E-state index in [4.69, 9.17) is 9.47 Å². The minimum absolute atomic E-state index is 0.243. The van der Waals surface area contributed by atoms with E-state index >= 15 is 0 Å². The SMILES string of the molecule is CN[C@@H](Cc1c(C)cc(OC)cc1C)C(=O)OC. The highest BCUT2D eigenvalue weighted by Crippen LogP contribution is 2.23. The van der Waals surface area contributed by atoms with Crippen LogP contribution in [-0.4, -0.2) is 33.3 Å². The molecule has 0 fully saturated rings. The summed E-state index contributed by atoms with van der Waals surface area (Å²) in [7, 11) is 4.81. The summed E-state index contributed by atoms with van der Waals surface area (Å²) in [6.45, 7) is 4.05. The first kappa shape index (κ1) is 14.5. The van der Waals surface area contributed by atoms with Gasteiger partial charge in [-0.1, -0.05) is 0 Å². The Bertz CT molecular complexity index is 406. The average molecular weight is 251 g/mol. The quantitative estimate of drug-likeness (QED) is 0.808. The van der Waals surface area contributed by atoms with Crippen LogP contribution in [0, 0.1) is 13.8 Å². The summed E-state index contributed by atoms with van der Waals surface area (Å²) in [4.78, 5) is 11.6. The molecule has 0 bridgehead atoms. The Hall–Kier alpha value is -1.55. The van der Waals surface area contributed by atoms with E-state index in [0.29, 0.717) is 6.42 Å². The fourth-order valence-electron chi connectivity index (χ4n) is 2.04. The maximum atomic E-state index is 11.6. The summed E-state index contributed by atoms with van der Waals surface area (Å²) >= 11 is 0. The Morgan fingerprint density at radius 2 is 1.83 bits per heavy atom. The third-order valence-corrected chi connectivity index (χ3v) is 3.15. The third kappa shape index (κ3) is 3.23. The minimum atomic E-state index is -0.319. The fourth-order valence-corrected chi connectivity index (χ4v) is 2.04. The molecule has 1 aromatic rings. The van der Waals surface area contributed by atoms with E-state index in [1.165, 1.54) is 7.11 Å². The number of ether oxygens (including phenoxy) is 2. The highest BCUT2D eigenvalue weighted by Gasteiger charge is 2.19. The van der Waals surface area contributed by atoms with Gasteiger partial charge in [-0.3, -0.25) is 4.79 Å². The summed E-state index contributed by atoms with van der Waals surface area (Å²) < 4.78 is 10.00. The smallest absolute Gasteiger partial charge is 0.323 e. The molecule has 1 rings (SSSR count). The van der Waals surface area contributed by atoms with Gasteiger partial charge in [0.1, 0.15) is 11.8 Å². The minimum Gasteiger partial charge on any atom is -0.497 e. The number of methoxy groups -OCH3 is 2. The van der Waals surface area contributed by atoms with Crippen molar-refractivity contribution in [2.24, 2.45) is 0 Å². The zero-order valence-electron chi connectivity index (χ0n) is 11.7. The first-order valence-electron chi connectivity index (χ1n) is 5.92. The molecule has 4 heteroatoms. The highest BCUT2D eigenvalue weighted by atomic mass is 16.5. The maximum absolute atomic E-state index is 11.6. The number of nitrogens with one attached hydrogen (secondary N) is 1. The van der Waals surface area contributed by atoms with Crippen molar-refractivity contribution in [2.45, 2.75) is 26.3 Å². The number of carbonyl (C=O) groups is 1. The lowest BCUT2D eigenvalue weighted by molar-refractivity contribution is -0.142. The summed E-state index contributed by atoms with van der Waals surface area (Å²) in [5.74, 6) is 0.597. The second kappa shape index (κ2) is 6.40. The number of hydrogen-bond acceptors (Lipinski definition) is 4. The molecule has 0 heterocycles. The van der Waals surface area contributed by atoms with Crippen LogP contribution in [0.5, 0.6) is 5.75 Å². The fraction of sp³-hybridized carbons (Fsp3) is 0.500. The molecular formula is C14H21NO3. The molecule has 1 N–H and O–H groups in total. The van der Waals surface area contributed by atoms with Crippen molar-refractivity contribution in [1.82, 2.24) is 5.32 Å². The van der Waals surface area contributed by atoms with Gasteiger partial charge in [-0.05, 0) is 56.1 Å². The van der Waals surface area contributed by atoms with E-state index in [9.17, 15) is 4.79 Å². The van der Waals surface area contributed by atoms with E-state index in [2.05, 4.69) is 5.32 Å². The van der Waals surface area contributed by atoms with Gasteiger partial charge in [-0.15, -0.1) is 0 Å². The maximum Gasteiger partial charge on any atom is 0.323 e. The van der Waals surface area contributed by atoms with Crippen LogP contribution in [-0.2, 0) is 16.0 Å². The molecule has 0 aliphatic rings. The van der Waals surface area contributed by atoms with E-state index in [-0.39, 0.29) is 12.0 Å². The summed E-state index contributed by atoms with van der Waals surface area (Å²) in [6, 6.07) is 3.64. The number of carbonyl (C=O) groups excluding carboxylic acids is 1. The summed E-state index contributed by atoms with van der Waals surface area (Å²) in [5.41, 5.74) is 3.40. The largest absolute Gasteiger partial charge is 0.497 e. The molecule has 0 aliphatic carbocycles. The molecule has 0 aliphatic heterocycles. The molecular weight excluding hydrogens is 230 g/mol. The van der Waals surface area contributed by atoms with Gasteiger partial charge in [0.25, 0.3) is 0 Å². The van der Waals surface area contributed by atoms with Gasteiger partial charge < -0.3 is 14.8 Å². The van der Waals surface area contributed by atoms with Gasteiger partial charge >= 0.3 is 5.97 Å². The van der Waals surface area contributed by atoms with Crippen LogP contribution in [0.2, 0.25) is 0 Å². The number of hydrogen-bond donors (Lipinski definition) is 1. The molecule has 1 atom stereocenters. The molecule has 0 saturated carbocycles. The second-order valence-corrected chi connectivity index (χ2v) is 4.31. The van der Waals surface area contributed by atoms with Crippen molar-refractivity contribution in [3.63, 3.8) is 0 Å². The van der Waals surface area contributed by atoms with Crippen LogP contribution < -0.4 is 10.1 Å². The van der Waals surface area contributed by atoms with Crippen molar-refractivity contribution < 1.29 is 14.3 Å². The zero-order valence-corrected chi connectivity index (χ0v) is 11.7. The predicted octanol–water partition coefficient (Wildman–Crippen LogP) is 1.62. The zero-order chi connectivity index (χ0) is 13.7. The molecule has 18 heavy (non-hydrogen) atoms. The first-order valence-corrected chi connectivity index (χ1v) is 5.92. The second-order valence-electron chi connectivity index (χ2n) is 4.31. The number of benzene rings is 1. The Balaban J connectivity index is 2.99. The summed E-state index contributed by atoms with van der Waals surface area (Å²) in [6.07, 6.45) is 0.616. The number of esters is 1. The Labute approximate surface area is 108 Å². The van der Waals surface area contributed by atoms with Gasteiger partial charge in [0.15, 0.2) is 0 Å². The Kier molecular flexibility index (Phi) is 5.16. The van der Waals surface area contributed by atoms with Crippen molar-refractivity contribution in [2.75, 3.05) is 21.3 Å². The molecule has 0 radical (unpaired) electrons. The lowest BCUT2D eigenvalue weighted by atomic mass is 9.96. The molecule has 0 saturated heterocycles. The average Bonchev–Trinajstić information content (AvgIpc) is 2.37. The number of rotatable bonds is 5. The van der Waals surface area contributed by atoms with Gasteiger partial charge in [-0.25, -0.2) is 0 Å². The van der Waals surface area contributed by atoms with Crippen LogP contribution in [0.1, 0.15) is 16.7 Å².